The van der Waals surface area contributed by atoms with Gasteiger partial charge in [-0.15, -0.1) is 0 Å². The molecular formula is C13H10N4O3. The van der Waals surface area contributed by atoms with Crippen molar-refractivity contribution in [1.82, 2.24) is 15.4 Å². The van der Waals surface area contributed by atoms with Crippen LogP contribution in [0.1, 0.15) is 10.4 Å². The molecule has 2 heterocycles. The molecule has 3 rings (SSSR count). The summed E-state index contributed by atoms with van der Waals surface area (Å²) in [5, 5.41) is 11.5. The smallest absolute Gasteiger partial charge is 0.301 e. The summed E-state index contributed by atoms with van der Waals surface area (Å²) in [4.78, 5) is 19.5. The molecule has 0 aliphatic heterocycles. The summed E-state index contributed by atoms with van der Waals surface area (Å²) in [5.74, 6) is -0.590. The van der Waals surface area contributed by atoms with E-state index in [1.807, 2.05) is 0 Å². The molecule has 7 heteroatoms. The number of hydrogen-bond donors (Lipinski definition) is 3. The third-order valence-electron chi connectivity index (χ3n) is 2.64. The van der Waals surface area contributed by atoms with Gasteiger partial charge in [0.2, 0.25) is 5.65 Å². The Balaban J connectivity index is 1.88. The fourth-order valence-corrected chi connectivity index (χ4v) is 1.75. The van der Waals surface area contributed by atoms with Crippen LogP contribution < -0.4 is 10.8 Å². The van der Waals surface area contributed by atoms with Gasteiger partial charge < -0.3 is 9.73 Å². The van der Waals surface area contributed by atoms with Gasteiger partial charge in [0.05, 0.1) is 0 Å². The van der Waals surface area contributed by atoms with Crippen LogP contribution in [0, 0.1) is 0 Å². The quantitative estimate of drug-likeness (QED) is 0.497. The van der Waals surface area contributed by atoms with E-state index in [1.54, 1.807) is 48.1 Å². The van der Waals surface area contributed by atoms with Gasteiger partial charge in [0, 0.05) is 17.4 Å². The highest BCUT2D eigenvalue weighted by atomic mass is 16.5. The van der Waals surface area contributed by atoms with Crippen LogP contribution in [0.4, 0.5) is 11.7 Å². The topological polar surface area (TPSA) is 100 Å². The van der Waals surface area contributed by atoms with Crippen molar-refractivity contribution in [3.63, 3.8) is 0 Å². The number of hydroxylamine groups is 1. The van der Waals surface area contributed by atoms with Crippen LogP contribution in [0.5, 0.6) is 0 Å². The molecule has 0 bridgehead atoms. The van der Waals surface area contributed by atoms with E-state index in [-0.39, 0.29) is 6.01 Å². The van der Waals surface area contributed by atoms with Gasteiger partial charge in [-0.3, -0.25) is 10.0 Å². The molecule has 0 unspecified atom stereocenters. The summed E-state index contributed by atoms with van der Waals surface area (Å²) in [6, 6.07) is 10.3. The SMILES string of the molecule is O=C(NO)c1cccc(Nc2nc3ncccc3o2)c1. The van der Waals surface area contributed by atoms with E-state index in [2.05, 4.69) is 15.3 Å². The van der Waals surface area contributed by atoms with Crippen molar-refractivity contribution in [2.75, 3.05) is 5.32 Å². The highest BCUT2D eigenvalue weighted by Gasteiger charge is 2.08. The first-order chi connectivity index (χ1) is 9.76. The predicted octanol–water partition coefficient (Wildman–Crippen LogP) is 2.09. The Labute approximate surface area is 113 Å². The van der Waals surface area contributed by atoms with Crippen molar-refractivity contribution in [1.29, 1.82) is 0 Å². The predicted molar refractivity (Wildman–Crippen MR) is 70.8 cm³/mol. The third-order valence-corrected chi connectivity index (χ3v) is 2.64. The molecule has 0 spiro atoms. The lowest BCUT2D eigenvalue weighted by molar-refractivity contribution is 0.0706. The molecular weight excluding hydrogens is 260 g/mol. The maximum atomic E-state index is 11.3. The van der Waals surface area contributed by atoms with Gasteiger partial charge in [-0.25, -0.2) is 10.5 Å². The third kappa shape index (κ3) is 2.29. The molecule has 0 aliphatic carbocycles. The van der Waals surface area contributed by atoms with E-state index in [0.717, 1.165) is 0 Å². The largest absolute Gasteiger partial charge is 0.422 e. The number of hydrogen-bond acceptors (Lipinski definition) is 6. The number of amides is 1. The van der Waals surface area contributed by atoms with Gasteiger partial charge in [0.15, 0.2) is 5.58 Å². The second kappa shape index (κ2) is 4.98. The van der Waals surface area contributed by atoms with Gasteiger partial charge in [-0.2, -0.15) is 4.98 Å². The molecule has 0 aliphatic rings. The molecule has 3 aromatic rings. The molecule has 0 radical (unpaired) electrons. The second-order valence-corrected chi connectivity index (χ2v) is 3.99. The monoisotopic (exact) mass is 270 g/mol. The van der Waals surface area contributed by atoms with Crippen molar-refractivity contribution in [3.8, 4) is 0 Å². The molecule has 0 atom stereocenters. The Bertz CT molecular complexity index is 736. The maximum Gasteiger partial charge on any atom is 0.301 e. The summed E-state index contributed by atoms with van der Waals surface area (Å²) in [7, 11) is 0. The highest BCUT2D eigenvalue weighted by Crippen LogP contribution is 2.21. The first-order valence-electron chi connectivity index (χ1n) is 5.79. The van der Waals surface area contributed by atoms with Crippen LogP contribution in [0.3, 0.4) is 0 Å². The van der Waals surface area contributed by atoms with Crippen LogP contribution in [-0.2, 0) is 0 Å². The number of anilines is 2. The van der Waals surface area contributed by atoms with Crippen molar-refractivity contribution in [2.45, 2.75) is 0 Å². The molecule has 20 heavy (non-hydrogen) atoms. The molecule has 1 aromatic carbocycles. The van der Waals surface area contributed by atoms with Gasteiger partial charge in [0.25, 0.3) is 5.91 Å². The molecule has 7 nitrogen and oxygen atoms in total. The summed E-state index contributed by atoms with van der Waals surface area (Å²) in [6.07, 6.45) is 1.63. The van der Waals surface area contributed by atoms with Gasteiger partial charge in [-0.1, -0.05) is 6.07 Å². The number of rotatable bonds is 3. The molecule has 100 valence electrons. The Morgan fingerprint density at radius 2 is 2.15 bits per heavy atom. The number of nitrogens with zero attached hydrogens (tertiary/aromatic N) is 2. The van der Waals surface area contributed by atoms with Crippen LogP contribution in [0.25, 0.3) is 11.2 Å². The lowest BCUT2D eigenvalue weighted by Crippen LogP contribution is -2.18. The van der Waals surface area contributed by atoms with E-state index in [1.165, 1.54) is 0 Å². The van der Waals surface area contributed by atoms with Crippen molar-refractivity contribution in [2.24, 2.45) is 0 Å². The first kappa shape index (κ1) is 12.1. The fourth-order valence-electron chi connectivity index (χ4n) is 1.75. The van der Waals surface area contributed by atoms with Crippen LogP contribution in [-0.4, -0.2) is 21.1 Å². The maximum absolute atomic E-state index is 11.3. The van der Waals surface area contributed by atoms with E-state index < -0.39 is 5.91 Å². The van der Waals surface area contributed by atoms with Gasteiger partial charge in [0.1, 0.15) is 0 Å². The second-order valence-electron chi connectivity index (χ2n) is 3.99. The Kier molecular flexibility index (Phi) is 3.02. The number of benzene rings is 1. The lowest BCUT2D eigenvalue weighted by Gasteiger charge is -2.03. The number of aromatic nitrogens is 2. The Hall–Kier alpha value is -2.93. The van der Waals surface area contributed by atoms with E-state index >= 15 is 0 Å². The minimum atomic E-state index is -0.590. The van der Waals surface area contributed by atoms with E-state index in [0.29, 0.717) is 22.5 Å². The van der Waals surface area contributed by atoms with Crippen LogP contribution in [0.2, 0.25) is 0 Å². The molecule has 0 fully saturated rings. The molecule has 0 saturated carbocycles. The fraction of sp³-hybridized carbons (Fsp3) is 0. The van der Waals surface area contributed by atoms with Crippen molar-refractivity contribution in [3.05, 3.63) is 48.2 Å². The first-order valence-corrected chi connectivity index (χ1v) is 5.79. The minimum absolute atomic E-state index is 0.278. The summed E-state index contributed by atoms with van der Waals surface area (Å²) >= 11 is 0. The zero-order valence-corrected chi connectivity index (χ0v) is 10.2. The molecule has 3 N–H and O–H groups in total. The Morgan fingerprint density at radius 1 is 1.25 bits per heavy atom. The normalized spacial score (nSPS) is 10.4. The molecule has 2 aromatic heterocycles. The van der Waals surface area contributed by atoms with Crippen LogP contribution >= 0.6 is 0 Å². The average Bonchev–Trinajstić information content (AvgIpc) is 2.88. The number of pyridine rings is 1. The average molecular weight is 270 g/mol. The van der Waals surface area contributed by atoms with Crippen molar-refractivity contribution < 1.29 is 14.4 Å². The zero-order chi connectivity index (χ0) is 13.9. The zero-order valence-electron chi connectivity index (χ0n) is 10.2. The van der Waals surface area contributed by atoms with Crippen molar-refractivity contribution >= 4 is 28.8 Å². The summed E-state index contributed by atoms with van der Waals surface area (Å²) in [6.45, 7) is 0. The minimum Gasteiger partial charge on any atom is -0.422 e. The summed E-state index contributed by atoms with van der Waals surface area (Å²) < 4.78 is 5.46. The summed E-state index contributed by atoms with van der Waals surface area (Å²) in [5.41, 5.74) is 3.57. The number of carbonyl (C=O) groups excluding carboxylic acids is 1. The Morgan fingerprint density at radius 3 is 2.95 bits per heavy atom. The molecule has 0 saturated heterocycles. The number of oxazole rings is 1. The number of nitrogens with one attached hydrogen (secondary N) is 2. The number of carbonyl (C=O) groups is 1. The highest BCUT2D eigenvalue weighted by molar-refractivity contribution is 5.94. The lowest BCUT2D eigenvalue weighted by atomic mass is 10.2. The van der Waals surface area contributed by atoms with Gasteiger partial charge in [-0.05, 0) is 30.3 Å². The van der Waals surface area contributed by atoms with Crippen LogP contribution in [0.15, 0.2) is 47.0 Å². The standard InChI is InChI=1S/C13H10N4O3/c18-12(17-19)8-3-1-4-9(7-8)15-13-16-11-10(20-13)5-2-6-14-11/h1-7,19H,(H,17,18)(H,14,15,16). The molecule has 1 amide bonds. The number of fused-ring (bicyclic) bond motifs is 1. The van der Waals surface area contributed by atoms with Gasteiger partial charge >= 0.3 is 6.01 Å². The van der Waals surface area contributed by atoms with E-state index in [4.69, 9.17) is 9.62 Å². The van der Waals surface area contributed by atoms with E-state index in [9.17, 15) is 4.79 Å².